The van der Waals surface area contributed by atoms with Crippen molar-refractivity contribution >= 4 is 22.7 Å². The van der Waals surface area contributed by atoms with Gasteiger partial charge in [-0.15, -0.1) is 0 Å². The Labute approximate surface area is 119 Å². The van der Waals surface area contributed by atoms with Gasteiger partial charge in [0.05, 0.1) is 5.52 Å². The van der Waals surface area contributed by atoms with Crippen LogP contribution in [0.25, 0.3) is 10.9 Å². The van der Waals surface area contributed by atoms with E-state index in [1.807, 2.05) is 24.8 Å². The molecule has 19 heavy (non-hydrogen) atoms. The van der Waals surface area contributed by atoms with E-state index < -0.39 is 0 Å². The number of hydrogen-bond donors (Lipinski definition) is 1. The van der Waals surface area contributed by atoms with Crippen LogP contribution < -0.4 is 5.73 Å². The summed E-state index contributed by atoms with van der Waals surface area (Å²) in [6.07, 6.45) is 1.19. The van der Waals surface area contributed by atoms with Crippen molar-refractivity contribution in [2.24, 2.45) is 5.73 Å². The molecule has 0 amide bonds. The minimum atomic E-state index is 0.102. The maximum atomic E-state index is 6.28. The van der Waals surface area contributed by atoms with Crippen LogP contribution in [-0.2, 0) is 0 Å². The van der Waals surface area contributed by atoms with Gasteiger partial charge in [-0.05, 0) is 37.1 Å². The molecule has 2 atom stereocenters. The standard InChI is InChI=1S/C16H22N2S/c1-4-12(3)19-10-15(17)13-7-8-16-14(9-13)6-5-11(2)18-16/h5-9,12,15H,4,10,17H2,1-3H3. The molecule has 3 heteroatoms. The zero-order chi connectivity index (χ0) is 13.8. The highest BCUT2D eigenvalue weighted by Gasteiger charge is 2.09. The first-order valence-electron chi connectivity index (χ1n) is 6.84. The molecule has 0 saturated heterocycles. The highest BCUT2D eigenvalue weighted by atomic mass is 32.2. The first-order chi connectivity index (χ1) is 9.10. The molecule has 1 aromatic heterocycles. The average molecular weight is 274 g/mol. The van der Waals surface area contributed by atoms with Gasteiger partial charge in [0.15, 0.2) is 0 Å². The maximum Gasteiger partial charge on any atom is 0.0705 e. The normalized spacial score (nSPS) is 14.5. The smallest absolute Gasteiger partial charge is 0.0705 e. The number of rotatable bonds is 5. The van der Waals surface area contributed by atoms with Crippen LogP contribution in [0.15, 0.2) is 30.3 Å². The van der Waals surface area contributed by atoms with Crippen LogP contribution in [-0.4, -0.2) is 16.0 Å². The van der Waals surface area contributed by atoms with Gasteiger partial charge in [0.25, 0.3) is 0 Å². The average Bonchev–Trinajstić information content (AvgIpc) is 2.43. The van der Waals surface area contributed by atoms with Crippen LogP contribution in [0.1, 0.15) is 37.6 Å². The summed E-state index contributed by atoms with van der Waals surface area (Å²) >= 11 is 1.95. The van der Waals surface area contributed by atoms with Gasteiger partial charge in [0.2, 0.25) is 0 Å². The monoisotopic (exact) mass is 274 g/mol. The Morgan fingerprint density at radius 3 is 2.79 bits per heavy atom. The molecule has 2 N–H and O–H groups in total. The molecule has 102 valence electrons. The topological polar surface area (TPSA) is 38.9 Å². The largest absolute Gasteiger partial charge is 0.323 e. The highest BCUT2D eigenvalue weighted by molar-refractivity contribution is 7.99. The first kappa shape index (κ1) is 14.4. The molecule has 2 rings (SSSR count). The summed E-state index contributed by atoms with van der Waals surface area (Å²) in [6.45, 7) is 6.49. The van der Waals surface area contributed by atoms with Gasteiger partial charge in [0.1, 0.15) is 0 Å². The number of pyridine rings is 1. The molecule has 1 aromatic carbocycles. The summed E-state index contributed by atoms with van der Waals surface area (Å²) < 4.78 is 0. The third kappa shape index (κ3) is 3.71. The lowest BCUT2D eigenvalue weighted by Gasteiger charge is -2.15. The Morgan fingerprint density at radius 2 is 2.05 bits per heavy atom. The number of thioether (sulfide) groups is 1. The minimum Gasteiger partial charge on any atom is -0.323 e. The van der Waals surface area contributed by atoms with Gasteiger partial charge in [0, 0.05) is 28.1 Å². The molecule has 0 spiro atoms. The number of benzene rings is 1. The van der Waals surface area contributed by atoms with Crippen molar-refractivity contribution in [3.05, 3.63) is 41.6 Å². The van der Waals surface area contributed by atoms with Crippen molar-refractivity contribution in [2.75, 3.05) is 5.75 Å². The van der Waals surface area contributed by atoms with Crippen LogP contribution in [0.2, 0.25) is 0 Å². The van der Waals surface area contributed by atoms with Gasteiger partial charge in [-0.3, -0.25) is 4.98 Å². The fourth-order valence-electron chi connectivity index (χ4n) is 1.96. The fraction of sp³-hybridized carbons (Fsp3) is 0.438. The van der Waals surface area contributed by atoms with Crippen molar-refractivity contribution in [2.45, 2.75) is 38.5 Å². The van der Waals surface area contributed by atoms with Gasteiger partial charge in [-0.1, -0.05) is 26.0 Å². The van der Waals surface area contributed by atoms with Crippen LogP contribution >= 0.6 is 11.8 Å². The van der Waals surface area contributed by atoms with Crippen molar-refractivity contribution < 1.29 is 0 Å². The second kappa shape index (κ2) is 6.40. The lowest BCUT2D eigenvalue weighted by Crippen LogP contribution is -2.14. The van der Waals surface area contributed by atoms with Crippen molar-refractivity contribution in [3.8, 4) is 0 Å². The number of nitrogens with zero attached hydrogens (tertiary/aromatic N) is 1. The summed E-state index contributed by atoms with van der Waals surface area (Å²) in [4.78, 5) is 4.52. The molecule has 0 bridgehead atoms. The van der Waals surface area contributed by atoms with E-state index in [-0.39, 0.29) is 6.04 Å². The SMILES string of the molecule is CCC(C)SCC(N)c1ccc2nc(C)ccc2c1. The molecule has 0 fully saturated rings. The van der Waals surface area contributed by atoms with E-state index >= 15 is 0 Å². The fourth-order valence-corrected chi connectivity index (χ4v) is 2.92. The second-order valence-corrected chi connectivity index (χ2v) is 6.53. The Kier molecular flexibility index (Phi) is 4.83. The summed E-state index contributed by atoms with van der Waals surface area (Å²) in [5, 5.41) is 1.85. The van der Waals surface area contributed by atoms with E-state index in [1.165, 1.54) is 17.4 Å². The maximum absolute atomic E-state index is 6.28. The molecule has 0 radical (unpaired) electrons. The summed E-state index contributed by atoms with van der Waals surface area (Å²) in [7, 11) is 0. The molecule has 0 saturated carbocycles. The Balaban J connectivity index is 2.14. The molecule has 0 aliphatic carbocycles. The Morgan fingerprint density at radius 1 is 1.26 bits per heavy atom. The van der Waals surface area contributed by atoms with Crippen LogP contribution in [0.5, 0.6) is 0 Å². The molecular weight excluding hydrogens is 252 g/mol. The number of nitrogens with two attached hydrogens (primary N) is 1. The van der Waals surface area contributed by atoms with Crippen LogP contribution in [0.4, 0.5) is 0 Å². The second-order valence-electron chi connectivity index (χ2n) is 5.06. The molecule has 2 nitrogen and oxygen atoms in total. The van der Waals surface area contributed by atoms with Crippen LogP contribution in [0.3, 0.4) is 0 Å². The van der Waals surface area contributed by atoms with Crippen molar-refractivity contribution in [1.82, 2.24) is 4.98 Å². The predicted octanol–water partition coefficient (Wildman–Crippen LogP) is 4.07. The van der Waals surface area contributed by atoms with Gasteiger partial charge < -0.3 is 5.73 Å². The summed E-state index contributed by atoms with van der Waals surface area (Å²) in [5.74, 6) is 0.972. The molecule has 1 heterocycles. The molecule has 0 aliphatic heterocycles. The van der Waals surface area contributed by atoms with Gasteiger partial charge >= 0.3 is 0 Å². The zero-order valence-electron chi connectivity index (χ0n) is 11.9. The summed E-state index contributed by atoms with van der Waals surface area (Å²) in [5.41, 5.74) is 9.58. The van der Waals surface area contributed by atoms with E-state index in [1.54, 1.807) is 0 Å². The number of aryl methyl sites for hydroxylation is 1. The number of hydrogen-bond acceptors (Lipinski definition) is 3. The summed E-state index contributed by atoms with van der Waals surface area (Å²) in [6, 6.07) is 10.6. The van der Waals surface area contributed by atoms with E-state index in [2.05, 4.69) is 43.1 Å². The third-order valence-electron chi connectivity index (χ3n) is 3.42. The molecular formula is C16H22N2S. The number of aromatic nitrogens is 1. The molecule has 2 aromatic rings. The third-order valence-corrected chi connectivity index (χ3v) is 4.87. The Hall–Kier alpha value is -1.06. The van der Waals surface area contributed by atoms with E-state index in [0.717, 1.165) is 17.0 Å². The van der Waals surface area contributed by atoms with E-state index in [9.17, 15) is 0 Å². The quantitative estimate of drug-likeness (QED) is 0.893. The zero-order valence-corrected chi connectivity index (χ0v) is 12.7. The van der Waals surface area contributed by atoms with Crippen molar-refractivity contribution in [3.63, 3.8) is 0 Å². The minimum absolute atomic E-state index is 0.102. The van der Waals surface area contributed by atoms with Crippen molar-refractivity contribution in [1.29, 1.82) is 0 Å². The van der Waals surface area contributed by atoms with E-state index in [4.69, 9.17) is 5.73 Å². The van der Waals surface area contributed by atoms with Gasteiger partial charge in [-0.25, -0.2) is 0 Å². The molecule has 0 aliphatic rings. The lowest BCUT2D eigenvalue weighted by atomic mass is 10.1. The number of fused-ring (bicyclic) bond motifs is 1. The van der Waals surface area contributed by atoms with Crippen LogP contribution in [0, 0.1) is 6.92 Å². The lowest BCUT2D eigenvalue weighted by molar-refractivity contribution is 0.822. The highest BCUT2D eigenvalue weighted by Crippen LogP contribution is 2.23. The predicted molar refractivity (Wildman–Crippen MR) is 85.6 cm³/mol. The molecule has 2 unspecified atom stereocenters. The van der Waals surface area contributed by atoms with Gasteiger partial charge in [-0.2, -0.15) is 11.8 Å². The Bertz CT molecular complexity index is 553. The first-order valence-corrected chi connectivity index (χ1v) is 7.89. The van der Waals surface area contributed by atoms with E-state index in [0.29, 0.717) is 5.25 Å².